The second-order valence-electron chi connectivity index (χ2n) is 5.71. The van der Waals surface area contributed by atoms with Crippen LogP contribution >= 0.6 is 0 Å². The Morgan fingerprint density at radius 1 is 1.52 bits per heavy atom. The van der Waals surface area contributed by atoms with Crippen LogP contribution in [0.1, 0.15) is 24.6 Å². The van der Waals surface area contributed by atoms with E-state index in [1.54, 1.807) is 12.3 Å². The van der Waals surface area contributed by atoms with Gasteiger partial charge in [-0.3, -0.25) is 4.90 Å². The second kappa shape index (κ2) is 9.45. The molecule has 0 radical (unpaired) electrons. The van der Waals surface area contributed by atoms with Crippen molar-refractivity contribution in [3.63, 3.8) is 0 Å². The minimum absolute atomic E-state index is 0.229. The quantitative estimate of drug-likeness (QED) is 0.710. The molecule has 2 rings (SSSR count). The van der Waals surface area contributed by atoms with E-state index in [-0.39, 0.29) is 6.04 Å². The molecule has 126 valence electrons. The standard InChI is InChI=1S/C18H27N3O2/c1-4-6-15(5-2)13-22-16-7-9-21(10-8-16)17(11-19-3)18-12-20-14-23-18/h4-6,12,14,16-17,19H,1-2,7-11,13H2,3H3/b15-6+. The van der Waals surface area contributed by atoms with Crippen LogP contribution in [0.25, 0.3) is 0 Å². The van der Waals surface area contributed by atoms with Crippen molar-refractivity contribution in [3.05, 3.63) is 55.3 Å². The van der Waals surface area contributed by atoms with Gasteiger partial charge in [-0.1, -0.05) is 31.4 Å². The first kappa shape index (κ1) is 17.7. The van der Waals surface area contributed by atoms with Gasteiger partial charge in [0.15, 0.2) is 6.39 Å². The topological polar surface area (TPSA) is 50.5 Å². The summed E-state index contributed by atoms with van der Waals surface area (Å²) in [6.45, 7) is 10.9. The number of nitrogens with one attached hydrogen (secondary N) is 1. The van der Waals surface area contributed by atoms with Gasteiger partial charge in [0.1, 0.15) is 5.76 Å². The molecule has 1 aliphatic heterocycles. The van der Waals surface area contributed by atoms with Crippen LogP contribution in [-0.4, -0.2) is 49.3 Å². The van der Waals surface area contributed by atoms with Gasteiger partial charge < -0.3 is 14.5 Å². The lowest BCUT2D eigenvalue weighted by molar-refractivity contribution is 0.00623. The number of piperidine rings is 1. The summed E-state index contributed by atoms with van der Waals surface area (Å²) in [5.41, 5.74) is 1.07. The lowest BCUT2D eigenvalue weighted by Gasteiger charge is -2.36. The number of hydrogen-bond donors (Lipinski definition) is 1. The van der Waals surface area contributed by atoms with E-state index < -0.39 is 0 Å². The molecule has 1 saturated heterocycles. The molecule has 5 heteroatoms. The van der Waals surface area contributed by atoms with Crippen molar-refractivity contribution in [3.8, 4) is 0 Å². The normalized spacial score (nSPS) is 18.7. The molecule has 0 aromatic carbocycles. The first-order valence-electron chi connectivity index (χ1n) is 8.11. The number of aromatic nitrogens is 1. The van der Waals surface area contributed by atoms with Gasteiger partial charge in [-0.2, -0.15) is 0 Å². The summed E-state index contributed by atoms with van der Waals surface area (Å²) >= 11 is 0. The first-order chi connectivity index (χ1) is 11.3. The Morgan fingerprint density at radius 2 is 2.30 bits per heavy atom. The minimum atomic E-state index is 0.229. The lowest BCUT2D eigenvalue weighted by Crippen LogP contribution is -2.42. The smallest absolute Gasteiger partial charge is 0.180 e. The molecule has 1 aliphatic rings. The van der Waals surface area contributed by atoms with Crippen molar-refractivity contribution in [1.29, 1.82) is 0 Å². The maximum atomic E-state index is 6.00. The zero-order valence-electron chi connectivity index (χ0n) is 13.9. The maximum absolute atomic E-state index is 6.00. The van der Waals surface area contributed by atoms with Crippen LogP contribution in [-0.2, 0) is 4.74 Å². The van der Waals surface area contributed by atoms with Gasteiger partial charge >= 0.3 is 0 Å². The van der Waals surface area contributed by atoms with Crippen LogP contribution < -0.4 is 5.32 Å². The molecular weight excluding hydrogens is 290 g/mol. The number of rotatable bonds is 9. The van der Waals surface area contributed by atoms with E-state index in [0.29, 0.717) is 12.7 Å². The molecule has 0 amide bonds. The predicted molar refractivity (Wildman–Crippen MR) is 92.2 cm³/mol. The molecule has 1 aromatic rings. The van der Waals surface area contributed by atoms with E-state index >= 15 is 0 Å². The average molecular weight is 317 g/mol. The molecule has 23 heavy (non-hydrogen) atoms. The van der Waals surface area contributed by atoms with Crippen LogP contribution in [0, 0.1) is 0 Å². The van der Waals surface area contributed by atoms with E-state index in [2.05, 4.69) is 28.4 Å². The SMILES string of the molecule is C=C/C=C(\C=C)COC1CCN(C(CNC)c2cnco2)CC1. The van der Waals surface area contributed by atoms with Crippen LogP contribution in [0.2, 0.25) is 0 Å². The van der Waals surface area contributed by atoms with E-state index in [0.717, 1.165) is 43.8 Å². The monoisotopic (exact) mass is 317 g/mol. The summed E-state index contributed by atoms with van der Waals surface area (Å²) in [4.78, 5) is 6.48. The molecule has 1 fully saturated rings. The molecule has 0 aliphatic carbocycles. The minimum Gasteiger partial charge on any atom is -0.447 e. The summed E-state index contributed by atoms with van der Waals surface area (Å²) in [5, 5.41) is 3.24. The van der Waals surface area contributed by atoms with Gasteiger partial charge in [-0.25, -0.2) is 4.98 Å². The molecule has 1 unspecified atom stereocenters. The van der Waals surface area contributed by atoms with Gasteiger partial charge in [0.05, 0.1) is 24.9 Å². The van der Waals surface area contributed by atoms with Crippen LogP contribution in [0.15, 0.2) is 54.0 Å². The number of nitrogens with zero attached hydrogens (tertiary/aromatic N) is 2. The largest absolute Gasteiger partial charge is 0.447 e. The van der Waals surface area contributed by atoms with Crippen molar-refractivity contribution in [1.82, 2.24) is 15.2 Å². The van der Waals surface area contributed by atoms with E-state index in [1.165, 1.54) is 6.39 Å². The molecule has 0 bridgehead atoms. The number of hydrogen-bond acceptors (Lipinski definition) is 5. The number of ether oxygens (including phenoxy) is 1. The van der Waals surface area contributed by atoms with Gasteiger partial charge in [-0.15, -0.1) is 0 Å². The van der Waals surface area contributed by atoms with Crippen molar-refractivity contribution < 1.29 is 9.15 Å². The fourth-order valence-corrected chi connectivity index (χ4v) is 2.89. The zero-order valence-corrected chi connectivity index (χ0v) is 13.9. The highest BCUT2D eigenvalue weighted by molar-refractivity contribution is 5.21. The Hall–Kier alpha value is -1.69. The summed E-state index contributed by atoms with van der Waals surface area (Å²) in [5.74, 6) is 0.918. The first-order valence-corrected chi connectivity index (χ1v) is 8.11. The lowest BCUT2D eigenvalue weighted by atomic mass is 10.0. The van der Waals surface area contributed by atoms with Gasteiger partial charge in [0.25, 0.3) is 0 Å². The summed E-state index contributed by atoms with van der Waals surface area (Å²) in [6, 6.07) is 0.229. The summed E-state index contributed by atoms with van der Waals surface area (Å²) in [6.07, 6.45) is 11.2. The highest BCUT2D eigenvalue weighted by atomic mass is 16.5. The molecule has 2 heterocycles. The van der Waals surface area contributed by atoms with Gasteiger partial charge in [-0.05, 0) is 25.5 Å². The van der Waals surface area contributed by atoms with Crippen molar-refractivity contribution >= 4 is 0 Å². The molecule has 5 nitrogen and oxygen atoms in total. The third kappa shape index (κ3) is 5.16. The highest BCUT2D eigenvalue weighted by Gasteiger charge is 2.27. The van der Waals surface area contributed by atoms with Crippen molar-refractivity contribution in [2.45, 2.75) is 25.0 Å². The third-order valence-electron chi connectivity index (χ3n) is 4.17. The molecule has 0 spiro atoms. The number of likely N-dealkylation sites (N-methyl/N-ethyl adjacent to an activating group) is 1. The number of oxazole rings is 1. The Kier molecular flexibility index (Phi) is 7.26. The number of likely N-dealkylation sites (tertiary alicyclic amines) is 1. The van der Waals surface area contributed by atoms with Crippen molar-refractivity contribution in [2.24, 2.45) is 0 Å². The zero-order chi connectivity index (χ0) is 16.5. The average Bonchev–Trinajstić information content (AvgIpc) is 3.11. The Bertz CT molecular complexity index is 502. The Balaban J connectivity index is 1.83. The maximum Gasteiger partial charge on any atom is 0.180 e. The molecule has 1 atom stereocenters. The van der Waals surface area contributed by atoms with E-state index in [9.17, 15) is 0 Å². The fourth-order valence-electron chi connectivity index (χ4n) is 2.89. The van der Waals surface area contributed by atoms with Crippen LogP contribution in [0.3, 0.4) is 0 Å². The Morgan fingerprint density at radius 3 is 2.87 bits per heavy atom. The molecular formula is C18H27N3O2. The van der Waals surface area contributed by atoms with Crippen LogP contribution in [0.4, 0.5) is 0 Å². The second-order valence-corrected chi connectivity index (χ2v) is 5.71. The Labute approximate surface area is 138 Å². The van der Waals surface area contributed by atoms with E-state index in [1.807, 2.05) is 19.2 Å². The number of allylic oxidation sites excluding steroid dienone is 2. The van der Waals surface area contributed by atoms with Gasteiger partial charge in [0.2, 0.25) is 0 Å². The highest BCUT2D eigenvalue weighted by Crippen LogP contribution is 2.25. The predicted octanol–water partition coefficient (Wildman–Crippen LogP) is 2.71. The van der Waals surface area contributed by atoms with Gasteiger partial charge in [0, 0.05) is 19.6 Å². The summed E-state index contributed by atoms with van der Waals surface area (Å²) in [7, 11) is 1.96. The third-order valence-corrected chi connectivity index (χ3v) is 4.17. The van der Waals surface area contributed by atoms with E-state index in [4.69, 9.17) is 9.15 Å². The summed E-state index contributed by atoms with van der Waals surface area (Å²) < 4.78 is 11.5. The molecule has 1 N–H and O–H groups in total. The molecule has 1 aromatic heterocycles. The van der Waals surface area contributed by atoms with Crippen molar-refractivity contribution in [2.75, 3.05) is 33.3 Å². The molecule has 0 saturated carbocycles. The fraction of sp³-hybridized carbons (Fsp3) is 0.500. The van der Waals surface area contributed by atoms with Crippen LogP contribution in [0.5, 0.6) is 0 Å².